The maximum Gasteiger partial charge on any atom is 0.434 e. The highest BCUT2D eigenvalue weighted by atomic mass is 19.4. The molecule has 4 aromatic rings. The van der Waals surface area contributed by atoms with Gasteiger partial charge in [-0.3, -0.25) is 9.69 Å². The standard InChI is InChI=1S/C28H28F3N7O2/c1-4-36-14-21(28(29,30)31)34-26(36)19-9-5-17(6-10-19)16(2)38-22-13-20(35-37(22)12-11-23(38)39)24-25(18-7-8-18)32-15-33-27(24)40-3/h5-6,9-10,13-16,18H,4,7-8,11-12H2,1-3H3/t16-/m1/s1. The number of anilines is 1. The van der Waals surface area contributed by atoms with Crippen LogP contribution in [-0.2, 0) is 24.1 Å². The third-order valence-corrected chi connectivity index (χ3v) is 7.51. The molecule has 0 saturated heterocycles. The van der Waals surface area contributed by atoms with E-state index in [1.807, 2.05) is 29.8 Å². The first-order valence-corrected chi connectivity index (χ1v) is 13.2. The molecule has 6 rings (SSSR count). The van der Waals surface area contributed by atoms with Gasteiger partial charge in [-0.15, -0.1) is 0 Å². The highest BCUT2D eigenvalue weighted by molar-refractivity contribution is 5.95. The number of aromatic nitrogens is 6. The molecule has 1 saturated carbocycles. The second-order valence-corrected chi connectivity index (χ2v) is 10.1. The molecule has 0 radical (unpaired) electrons. The summed E-state index contributed by atoms with van der Waals surface area (Å²) in [4.78, 5) is 27.6. The lowest BCUT2D eigenvalue weighted by Gasteiger charge is -2.33. The van der Waals surface area contributed by atoms with Crippen molar-refractivity contribution in [2.45, 2.75) is 64.3 Å². The predicted octanol–water partition coefficient (Wildman–Crippen LogP) is 5.63. The van der Waals surface area contributed by atoms with Gasteiger partial charge in [-0.1, -0.05) is 24.3 Å². The number of aryl methyl sites for hydroxylation is 2. The van der Waals surface area contributed by atoms with Gasteiger partial charge in [0.25, 0.3) is 0 Å². The first-order chi connectivity index (χ1) is 19.2. The van der Waals surface area contributed by atoms with Gasteiger partial charge in [0.15, 0.2) is 5.69 Å². The quantitative estimate of drug-likeness (QED) is 0.296. The summed E-state index contributed by atoms with van der Waals surface area (Å²) in [6.07, 6.45) is 0.406. The third kappa shape index (κ3) is 4.50. The average molecular weight is 552 g/mol. The molecule has 0 spiro atoms. The van der Waals surface area contributed by atoms with Crippen LogP contribution in [0, 0.1) is 0 Å². The zero-order valence-corrected chi connectivity index (χ0v) is 22.3. The van der Waals surface area contributed by atoms with Crippen molar-refractivity contribution in [2.24, 2.45) is 0 Å². The van der Waals surface area contributed by atoms with E-state index in [4.69, 9.17) is 9.84 Å². The summed E-state index contributed by atoms with van der Waals surface area (Å²) in [6, 6.07) is 8.66. The number of imidazole rings is 1. The monoisotopic (exact) mass is 551 g/mol. The van der Waals surface area contributed by atoms with E-state index in [1.54, 1.807) is 31.1 Å². The zero-order chi connectivity index (χ0) is 28.2. The van der Waals surface area contributed by atoms with E-state index in [0.717, 1.165) is 35.9 Å². The molecule has 1 aliphatic heterocycles. The molecule has 1 aromatic carbocycles. The van der Waals surface area contributed by atoms with Crippen LogP contribution in [-0.4, -0.2) is 42.3 Å². The minimum Gasteiger partial charge on any atom is -0.480 e. The van der Waals surface area contributed by atoms with E-state index < -0.39 is 11.9 Å². The molecule has 1 fully saturated rings. The second-order valence-electron chi connectivity index (χ2n) is 10.1. The Kier molecular flexibility index (Phi) is 6.35. The van der Waals surface area contributed by atoms with Gasteiger partial charge >= 0.3 is 6.18 Å². The topological polar surface area (TPSA) is 91.0 Å². The van der Waals surface area contributed by atoms with Crippen molar-refractivity contribution in [3.63, 3.8) is 0 Å². The Morgan fingerprint density at radius 2 is 1.90 bits per heavy atom. The van der Waals surface area contributed by atoms with E-state index in [2.05, 4.69) is 15.0 Å². The number of hydrogen-bond donors (Lipinski definition) is 0. The molecular formula is C28H28F3N7O2. The van der Waals surface area contributed by atoms with Crippen LogP contribution in [0.5, 0.6) is 5.88 Å². The number of benzene rings is 1. The summed E-state index contributed by atoms with van der Waals surface area (Å²) < 4.78 is 48.6. The van der Waals surface area contributed by atoms with Crippen molar-refractivity contribution in [3.05, 3.63) is 59.8 Å². The fourth-order valence-corrected chi connectivity index (χ4v) is 5.28. The molecule has 9 nitrogen and oxygen atoms in total. The van der Waals surface area contributed by atoms with Crippen LogP contribution in [0.1, 0.15) is 62.0 Å². The number of fused-ring (bicyclic) bond motifs is 1. The molecule has 0 bridgehead atoms. The maximum atomic E-state index is 13.2. The Labute approximate surface area is 228 Å². The molecule has 4 heterocycles. The van der Waals surface area contributed by atoms with Crippen molar-refractivity contribution >= 4 is 11.7 Å². The van der Waals surface area contributed by atoms with Gasteiger partial charge in [-0.05, 0) is 32.3 Å². The fourth-order valence-electron chi connectivity index (χ4n) is 5.28. The van der Waals surface area contributed by atoms with Crippen molar-refractivity contribution in [1.82, 2.24) is 29.3 Å². The molecule has 0 unspecified atom stereocenters. The SMILES string of the molecule is CCn1cc(C(F)(F)F)nc1-c1ccc([C@@H](C)N2C(=O)CCn3nc(-c4c(OC)ncnc4C4CC4)cc32)cc1. The molecular weight excluding hydrogens is 523 g/mol. The van der Waals surface area contributed by atoms with E-state index in [1.165, 1.54) is 10.9 Å². The van der Waals surface area contributed by atoms with Crippen LogP contribution in [0.3, 0.4) is 0 Å². The van der Waals surface area contributed by atoms with Crippen LogP contribution in [0.15, 0.2) is 42.9 Å². The van der Waals surface area contributed by atoms with Gasteiger partial charge in [-0.25, -0.2) is 19.6 Å². The van der Waals surface area contributed by atoms with Gasteiger partial charge in [0.2, 0.25) is 11.8 Å². The number of hydrogen-bond acceptors (Lipinski definition) is 6. The minimum atomic E-state index is -4.52. The predicted molar refractivity (Wildman–Crippen MR) is 141 cm³/mol. The Balaban J connectivity index is 1.33. The number of ether oxygens (including phenoxy) is 1. The number of carbonyl (C=O) groups excluding carboxylic acids is 1. The normalized spacial score (nSPS) is 16.2. The number of methoxy groups -OCH3 is 1. The van der Waals surface area contributed by atoms with Crippen molar-refractivity contribution in [3.8, 4) is 28.5 Å². The molecule has 0 N–H and O–H groups in total. The fraction of sp³-hybridized carbons (Fsp3) is 0.393. The van der Waals surface area contributed by atoms with Crippen molar-refractivity contribution in [1.29, 1.82) is 0 Å². The zero-order valence-electron chi connectivity index (χ0n) is 22.3. The van der Waals surface area contributed by atoms with E-state index in [0.29, 0.717) is 48.4 Å². The van der Waals surface area contributed by atoms with Gasteiger partial charge in [0, 0.05) is 36.7 Å². The lowest BCUT2D eigenvalue weighted by atomic mass is 10.0. The number of nitrogens with zero attached hydrogens (tertiary/aromatic N) is 7. The van der Waals surface area contributed by atoms with Crippen LogP contribution in [0.2, 0.25) is 0 Å². The summed E-state index contributed by atoms with van der Waals surface area (Å²) in [7, 11) is 1.57. The largest absolute Gasteiger partial charge is 0.480 e. The summed E-state index contributed by atoms with van der Waals surface area (Å²) >= 11 is 0. The molecule has 12 heteroatoms. The molecule has 40 heavy (non-hydrogen) atoms. The average Bonchev–Trinajstić information content (AvgIpc) is 3.55. The Bertz CT molecular complexity index is 1570. The van der Waals surface area contributed by atoms with Crippen LogP contribution < -0.4 is 9.64 Å². The molecule has 1 amide bonds. The first kappa shape index (κ1) is 26.0. The van der Waals surface area contributed by atoms with Crippen LogP contribution >= 0.6 is 0 Å². The van der Waals surface area contributed by atoms with E-state index in [9.17, 15) is 18.0 Å². The van der Waals surface area contributed by atoms with E-state index >= 15 is 0 Å². The number of alkyl halides is 3. The van der Waals surface area contributed by atoms with Gasteiger partial charge in [0.05, 0.1) is 31.0 Å². The number of carbonyl (C=O) groups is 1. The van der Waals surface area contributed by atoms with Crippen LogP contribution in [0.4, 0.5) is 19.0 Å². The van der Waals surface area contributed by atoms with Gasteiger partial charge in [-0.2, -0.15) is 18.3 Å². The number of rotatable bonds is 7. The third-order valence-electron chi connectivity index (χ3n) is 7.51. The first-order valence-electron chi connectivity index (χ1n) is 13.2. The maximum absolute atomic E-state index is 13.2. The summed E-state index contributed by atoms with van der Waals surface area (Å²) in [5.41, 5.74) is 2.79. The Hall–Kier alpha value is -4.22. The summed E-state index contributed by atoms with van der Waals surface area (Å²) in [6.45, 7) is 4.49. The highest BCUT2D eigenvalue weighted by Crippen LogP contribution is 2.46. The molecule has 1 atom stereocenters. The van der Waals surface area contributed by atoms with E-state index in [-0.39, 0.29) is 17.8 Å². The summed E-state index contributed by atoms with van der Waals surface area (Å²) in [5.74, 6) is 1.66. The van der Waals surface area contributed by atoms with Crippen molar-refractivity contribution in [2.75, 3.05) is 12.0 Å². The molecule has 208 valence electrons. The van der Waals surface area contributed by atoms with Gasteiger partial charge < -0.3 is 9.30 Å². The lowest BCUT2D eigenvalue weighted by molar-refractivity contribution is -0.140. The van der Waals surface area contributed by atoms with Crippen molar-refractivity contribution < 1.29 is 22.7 Å². The second kappa shape index (κ2) is 9.76. The van der Waals surface area contributed by atoms with Gasteiger partial charge in [0.1, 0.15) is 23.7 Å². The number of halogens is 3. The molecule has 3 aromatic heterocycles. The lowest BCUT2D eigenvalue weighted by Crippen LogP contribution is -2.39. The smallest absolute Gasteiger partial charge is 0.434 e. The Morgan fingerprint density at radius 1 is 1.15 bits per heavy atom. The minimum absolute atomic E-state index is 0.0365. The molecule has 1 aliphatic carbocycles. The molecule has 2 aliphatic rings. The van der Waals surface area contributed by atoms with Crippen LogP contribution in [0.25, 0.3) is 22.6 Å². The summed E-state index contributed by atoms with van der Waals surface area (Å²) in [5, 5.41) is 4.82. The Morgan fingerprint density at radius 3 is 2.55 bits per heavy atom. The number of amides is 1. The highest BCUT2D eigenvalue weighted by Gasteiger charge is 2.36.